The maximum atomic E-state index is 6.64. The Hall–Kier alpha value is -2.04. The predicted octanol–water partition coefficient (Wildman–Crippen LogP) is 4.70. The first-order valence-corrected chi connectivity index (χ1v) is 10.2. The van der Waals surface area contributed by atoms with Gasteiger partial charge in [0.2, 0.25) is 5.72 Å². The molecular weight excluding hydrogens is 358 g/mol. The number of hydrogen-bond acceptors (Lipinski definition) is 4. The van der Waals surface area contributed by atoms with Gasteiger partial charge in [0.1, 0.15) is 5.75 Å². The predicted molar refractivity (Wildman–Crippen MR) is 108 cm³/mol. The lowest BCUT2D eigenvalue weighted by Crippen LogP contribution is -2.59. The second kappa shape index (κ2) is 6.54. The van der Waals surface area contributed by atoms with Gasteiger partial charge < -0.3 is 9.64 Å². The van der Waals surface area contributed by atoms with Gasteiger partial charge in [0, 0.05) is 48.5 Å². The van der Waals surface area contributed by atoms with E-state index in [1.807, 2.05) is 18.2 Å². The average molecular weight is 382 g/mol. The normalized spacial score (nSPS) is 23.6. The maximum Gasteiger partial charge on any atom is 0.200 e. The molecule has 0 saturated carbocycles. The van der Waals surface area contributed by atoms with E-state index in [4.69, 9.17) is 21.4 Å². The van der Waals surface area contributed by atoms with Gasteiger partial charge in [-0.05, 0) is 18.7 Å². The Morgan fingerprint density at radius 2 is 1.85 bits per heavy atom. The van der Waals surface area contributed by atoms with Crippen LogP contribution in [0.4, 0.5) is 0 Å². The molecule has 1 saturated heterocycles. The first-order valence-electron chi connectivity index (χ1n) is 9.82. The molecule has 3 heterocycles. The van der Waals surface area contributed by atoms with Crippen molar-refractivity contribution in [2.24, 2.45) is 5.10 Å². The van der Waals surface area contributed by atoms with Gasteiger partial charge in [-0.15, -0.1) is 0 Å². The summed E-state index contributed by atoms with van der Waals surface area (Å²) >= 11 is 6.48. The SMILES string of the molecule is CCN1CCC2(CC1)Oc1ccccc1[C@@H]1CC(c3ccccc3Cl)=NN12. The molecule has 0 unspecified atom stereocenters. The third-order valence-electron chi connectivity index (χ3n) is 6.18. The molecule has 2 aromatic carbocycles. The van der Waals surface area contributed by atoms with Gasteiger partial charge in [-0.2, -0.15) is 5.10 Å². The molecule has 1 spiro atoms. The molecule has 0 aliphatic carbocycles. The highest BCUT2D eigenvalue weighted by Gasteiger charge is 2.51. The van der Waals surface area contributed by atoms with Crippen molar-refractivity contribution in [3.8, 4) is 5.75 Å². The Kier molecular flexibility index (Phi) is 4.14. The second-order valence-corrected chi connectivity index (χ2v) is 8.02. The fourth-order valence-electron chi connectivity index (χ4n) is 4.64. The highest BCUT2D eigenvalue weighted by molar-refractivity contribution is 6.34. The zero-order valence-electron chi connectivity index (χ0n) is 15.6. The zero-order chi connectivity index (χ0) is 18.4. The largest absolute Gasteiger partial charge is 0.466 e. The summed E-state index contributed by atoms with van der Waals surface area (Å²) in [6.45, 7) is 5.39. The van der Waals surface area contributed by atoms with Crippen LogP contribution in [0.15, 0.2) is 53.6 Å². The van der Waals surface area contributed by atoms with Crippen molar-refractivity contribution >= 4 is 17.3 Å². The van der Waals surface area contributed by atoms with E-state index in [-0.39, 0.29) is 11.8 Å². The molecule has 0 amide bonds. The van der Waals surface area contributed by atoms with Crippen LogP contribution in [0.5, 0.6) is 5.75 Å². The number of fused-ring (bicyclic) bond motifs is 4. The zero-order valence-corrected chi connectivity index (χ0v) is 16.3. The number of para-hydroxylation sites is 1. The van der Waals surface area contributed by atoms with Crippen LogP contribution in [0.1, 0.15) is 43.4 Å². The van der Waals surface area contributed by atoms with Crippen LogP contribution in [-0.4, -0.2) is 41.0 Å². The summed E-state index contributed by atoms with van der Waals surface area (Å²) in [5.74, 6) is 1.01. The van der Waals surface area contributed by atoms with Gasteiger partial charge in [0.05, 0.1) is 11.8 Å². The van der Waals surface area contributed by atoms with Crippen molar-refractivity contribution in [2.75, 3.05) is 19.6 Å². The highest BCUT2D eigenvalue weighted by atomic mass is 35.5. The summed E-state index contributed by atoms with van der Waals surface area (Å²) in [6, 6.07) is 16.7. The summed E-state index contributed by atoms with van der Waals surface area (Å²) in [7, 11) is 0. The van der Waals surface area contributed by atoms with Gasteiger partial charge in [-0.1, -0.05) is 54.9 Å². The Labute approximate surface area is 165 Å². The lowest BCUT2D eigenvalue weighted by Gasteiger charge is -2.51. The topological polar surface area (TPSA) is 28.1 Å². The number of hydrazone groups is 1. The molecule has 0 bridgehead atoms. The van der Waals surface area contributed by atoms with Gasteiger partial charge in [0.15, 0.2) is 0 Å². The first-order chi connectivity index (χ1) is 13.2. The summed E-state index contributed by atoms with van der Waals surface area (Å²) < 4.78 is 6.64. The van der Waals surface area contributed by atoms with Gasteiger partial charge >= 0.3 is 0 Å². The number of hydrogen-bond donors (Lipinski definition) is 0. The van der Waals surface area contributed by atoms with Gasteiger partial charge in [-0.25, -0.2) is 5.01 Å². The van der Waals surface area contributed by atoms with E-state index < -0.39 is 0 Å². The van der Waals surface area contributed by atoms with Crippen molar-refractivity contribution in [3.05, 3.63) is 64.7 Å². The lowest BCUT2D eigenvalue weighted by atomic mass is 9.90. The lowest BCUT2D eigenvalue weighted by molar-refractivity contribution is -0.149. The van der Waals surface area contributed by atoms with Crippen molar-refractivity contribution in [1.29, 1.82) is 0 Å². The smallest absolute Gasteiger partial charge is 0.200 e. The number of nitrogens with zero attached hydrogens (tertiary/aromatic N) is 3. The van der Waals surface area contributed by atoms with Crippen molar-refractivity contribution < 1.29 is 4.74 Å². The molecule has 1 fully saturated rings. The van der Waals surface area contributed by atoms with E-state index >= 15 is 0 Å². The van der Waals surface area contributed by atoms with E-state index in [1.54, 1.807) is 0 Å². The molecule has 140 valence electrons. The molecule has 4 nitrogen and oxygen atoms in total. The van der Waals surface area contributed by atoms with E-state index in [2.05, 4.69) is 47.2 Å². The monoisotopic (exact) mass is 381 g/mol. The summed E-state index contributed by atoms with van der Waals surface area (Å²) in [4.78, 5) is 2.49. The molecular formula is C22H24ClN3O. The third-order valence-corrected chi connectivity index (χ3v) is 6.50. The van der Waals surface area contributed by atoms with Gasteiger partial charge in [0.25, 0.3) is 0 Å². The Morgan fingerprint density at radius 3 is 2.63 bits per heavy atom. The molecule has 2 aromatic rings. The summed E-state index contributed by atoms with van der Waals surface area (Å²) in [6.07, 6.45) is 2.79. The van der Waals surface area contributed by atoms with Crippen LogP contribution in [0.3, 0.4) is 0 Å². The van der Waals surface area contributed by atoms with Crippen LogP contribution in [0.2, 0.25) is 5.02 Å². The van der Waals surface area contributed by atoms with Crippen LogP contribution in [-0.2, 0) is 0 Å². The first kappa shape index (κ1) is 17.1. The van der Waals surface area contributed by atoms with Crippen LogP contribution >= 0.6 is 11.6 Å². The second-order valence-electron chi connectivity index (χ2n) is 7.61. The van der Waals surface area contributed by atoms with E-state index in [0.29, 0.717) is 0 Å². The van der Waals surface area contributed by atoms with Crippen LogP contribution < -0.4 is 4.74 Å². The molecule has 0 radical (unpaired) electrons. The van der Waals surface area contributed by atoms with E-state index in [9.17, 15) is 0 Å². The Balaban J connectivity index is 1.57. The number of rotatable bonds is 2. The highest BCUT2D eigenvalue weighted by Crippen LogP contribution is 2.50. The van der Waals surface area contributed by atoms with Crippen molar-refractivity contribution in [1.82, 2.24) is 9.91 Å². The van der Waals surface area contributed by atoms with Crippen molar-refractivity contribution in [2.45, 2.75) is 38.0 Å². The quantitative estimate of drug-likeness (QED) is 0.755. The summed E-state index contributed by atoms with van der Waals surface area (Å²) in [5.41, 5.74) is 2.97. The number of piperidine rings is 1. The minimum absolute atomic E-state index is 0.217. The van der Waals surface area contributed by atoms with Gasteiger partial charge in [-0.3, -0.25) is 0 Å². The molecule has 0 aromatic heterocycles. The number of halogens is 1. The van der Waals surface area contributed by atoms with Crippen LogP contribution in [0.25, 0.3) is 0 Å². The molecule has 0 N–H and O–H groups in total. The molecule has 3 aliphatic rings. The van der Waals surface area contributed by atoms with E-state index in [1.165, 1.54) is 5.56 Å². The Bertz CT molecular complexity index is 889. The molecule has 5 rings (SSSR count). The summed E-state index contributed by atoms with van der Waals surface area (Å²) in [5, 5.41) is 8.10. The van der Waals surface area contributed by atoms with Crippen LogP contribution in [0, 0.1) is 0 Å². The molecule has 3 aliphatic heterocycles. The standard InChI is InChI=1S/C22H24ClN3O/c1-2-25-13-11-22(12-14-25)26-20(17-8-4-6-10-21(17)27-22)15-19(24-26)16-7-3-5-9-18(16)23/h3-10,20H,2,11-15H2,1H3/t20-/m0/s1. The molecule has 1 atom stereocenters. The maximum absolute atomic E-state index is 6.64. The minimum Gasteiger partial charge on any atom is -0.466 e. The number of benzene rings is 2. The number of likely N-dealkylation sites (tertiary alicyclic amines) is 1. The third kappa shape index (κ3) is 2.74. The molecule has 27 heavy (non-hydrogen) atoms. The van der Waals surface area contributed by atoms with Crippen molar-refractivity contribution in [3.63, 3.8) is 0 Å². The minimum atomic E-state index is -0.353. The van der Waals surface area contributed by atoms with E-state index in [0.717, 1.165) is 60.9 Å². The molecule has 5 heteroatoms. The number of ether oxygens (including phenoxy) is 1. The fourth-order valence-corrected chi connectivity index (χ4v) is 4.88. The fraction of sp³-hybridized carbons (Fsp3) is 0.409. The Morgan fingerprint density at radius 1 is 1.11 bits per heavy atom. The average Bonchev–Trinajstić information content (AvgIpc) is 3.16.